The van der Waals surface area contributed by atoms with Crippen molar-refractivity contribution >= 4 is 39.6 Å². The minimum absolute atomic E-state index is 0.0947. The number of phenolic OH excluding ortho intramolecular Hbond substituents is 1. The standard InChI is InChI=1S/C29H35BrN2O6/c1-28(2,3)31-24(34)15-9-8-14-16(21(15)26(31)36)12-18-22(27(37)32(25(18)35)29(4,5)6)20(14)17-10-13(30)11-19(38-7)23(17)33/h8,10-11,15-16,18,20-22,33H,9,12H2,1-7H3/t15-,16+,18+,20+,21-,22+/m0/s1. The molecule has 0 aromatic heterocycles. The van der Waals surface area contributed by atoms with Crippen molar-refractivity contribution < 1.29 is 29.0 Å². The van der Waals surface area contributed by atoms with Crippen LogP contribution in [0.2, 0.25) is 0 Å². The normalized spacial score (nSPS) is 31.3. The van der Waals surface area contributed by atoms with E-state index in [9.17, 15) is 24.3 Å². The zero-order valence-corrected chi connectivity index (χ0v) is 24.5. The topological polar surface area (TPSA) is 104 Å². The number of halogens is 1. The summed E-state index contributed by atoms with van der Waals surface area (Å²) in [7, 11) is 1.46. The van der Waals surface area contributed by atoms with Crippen LogP contribution in [-0.2, 0) is 19.2 Å². The largest absolute Gasteiger partial charge is 0.504 e. The molecule has 4 aliphatic rings. The van der Waals surface area contributed by atoms with Crippen molar-refractivity contribution in [2.45, 2.75) is 71.4 Å². The van der Waals surface area contributed by atoms with Gasteiger partial charge in [-0.1, -0.05) is 27.6 Å². The van der Waals surface area contributed by atoms with Crippen molar-refractivity contribution in [3.63, 3.8) is 0 Å². The first-order valence-corrected chi connectivity index (χ1v) is 13.9. The summed E-state index contributed by atoms with van der Waals surface area (Å²) in [4.78, 5) is 57.7. The fourth-order valence-corrected chi connectivity index (χ4v) is 7.70. The van der Waals surface area contributed by atoms with Gasteiger partial charge >= 0.3 is 0 Å². The summed E-state index contributed by atoms with van der Waals surface area (Å²) in [5.74, 6) is -4.31. The van der Waals surface area contributed by atoms with Gasteiger partial charge in [0.15, 0.2) is 11.5 Å². The number of benzene rings is 1. The van der Waals surface area contributed by atoms with E-state index in [2.05, 4.69) is 15.9 Å². The third-order valence-electron chi connectivity index (χ3n) is 8.61. The Kier molecular flexibility index (Phi) is 6.13. The molecule has 4 amide bonds. The summed E-state index contributed by atoms with van der Waals surface area (Å²) in [5, 5.41) is 11.3. The first kappa shape index (κ1) is 26.9. The summed E-state index contributed by atoms with van der Waals surface area (Å²) >= 11 is 3.50. The number of carbonyl (C=O) groups is 4. The number of likely N-dealkylation sites (tertiary alicyclic amines) is 2. The van der Waals surface area contributed by atoms with Gasteiger partial charge in [-0.05, 0) is 72.4 Å². The van der Waals surface area contributed by atoms with Crippen LogP contribution in [0.25, 0.3) is 0 Å². The third-order valence-corrected chi connectivity index (χ3v) is 9.07. The monoisotopic (exact) mass is 586 g/mol. The number of fused-ring (bicyclic) bond motifs is 4. The number of imide groups is 2. The van der Waals surface area contributed by atoms with E-state index in [1.54, 1.807) is 12.1 Å². The van der Waals surface area contributed by atoms with Gasteiger partial charge in [-0.15, -0.1) is 0 Å². The van der Waals surface area contributed by atoms with Crippen molar-refractivity contribution in [2.24, 2.45) is 29.6 Å². The lowest BCUT2D eigenvalue weighted by atomic mass is 9.57. The van der Waals surface area contributed by atoms with Crippen molar-refractivity contribution in [1.29, 1.82) is 0 Å². The Bertz CT molecular complexity index is 1290. The van der Waals surface area contributed by atoms with Crippen LogP contribution < -0.4 is 4.74 Å². The van der Waals surface area contributed by atoms with Crippen molar-refractivity contribution in [1.82, 2.24) is 9.80 Å². The molecule has 3 fully saturated rings. The van der Waals surface area contributed by atoms with Crippen molar-refractivity contribution in [3.05, 3.63) is 33.8 Å². The number of aromatic hydroxyl groups is 1. The van der Waals surface area contributed by atoms with Gasteiger partial charge in [-0.25, -0.2) is 0 Å². The number of amides is 4. The molecule has 1 N–H and O–H groups in total. The van der Waals surface area contributed by atoms with Gasteiger partial charge in [0.2, 0.25) is 23.6 Å². The smallest absolute Gasteiger partial charge is 0.234 e. The second-order valence-corrected chi connectivity index (χ2v) is 13.9. The van der Waals surface area contributed by atoms with Gasteiger partial charge in [0.05, 0.1) is 30.8 Å². The maximum atomic E-state index is 14.0. The van der Waals surface area contributed by atoms with Crippen LogP contribution in [0.1, 0.15) is 65.9 Å². The molecule has 8 nitrogen and oxygen atoms in total. The lowest BCUT2D eigenvalue weighted by Crippen LogP contribution is -2.47. The summed E-state index contributed by atoms with van der Waals surface area (Å²) < 4.78 is 6.07. The second kappa shape index (κ2) is 8.66. The maximum Gasteiger partial charge on any atom is 0.234 e. The molecule has 1 aromatic carbocycles. The third kappa shape index (κ3) is 3.75. The number of allylic oxidation sites excluding steroid dienone is 2. The van der Waals surface area contributed by atoms with Gasteiger partial charge in [0.1, 0.15) is 0 Å². The summed E-state index contributed by atoms with van der Waals surface area (Å²) in [5.41, 5.74) is -0.0729. The molecule has 6 atom stereocenters. The minimum atomic E-state index is -0.725. The Morgan fingerprint density at radius 2 is 1.39 bits per heavy atom. The Morgan fingerprint density at radius 3 is 1.95 bits per heavy atom. The highest BCUT2D eigenvalue weighted by Gasteiger charge is 2.64. The summed E-state index contributed by atoms with van der Waals surface area (Å²) in [6.07, 6.45) is 2.67. The number of phenols is 1. The highest BCUT2D eigenvalue weighted by Crippen LogP contribution is 2.60. The quantitative estimate of drug-likeness (QED) is 0.407. The zero-order valence-electron chi connectivity index (χ0n) is 22.9. The number of hydrogen-bond donors (Lipinski definition) is 1. The molecule has 2 aliphatic carbocycles. The van der Waals surface area contributed by atoms with E-state index in [1.807, 2.05) is 47.6 Å². The molecule has 0 spiro atoms. The Hall–Kier alpha value is -2.68. The lowest BCUT2D eigenvalue weighted by molar-refractivity contribution is -0.147. The van der Waals surface area contributed by atoms with Crippen molar-refractivity contribution in [2.75, 3.05) is 7.11 Å². The highest BCUT2D eigenvalue weighted by atomic mass is 79.9. The summed E-state index contributed by atoms with van der Waals surface area (Å²) in [6.45, 7) is 11.0. The Balaban J connectivity index is 1.70. The molecule has 5 rings (SSSR count). The fourth-order valence-electron chi connectivity index (χ4n) is 7.25. The van der Waals surface area contributed by atoms with Gasteiger partial charge in [0.25, 0.3) is 0 Å². The van der Waals surface area contributed by atoms with Gasteiger partial charge in [0, 0.05) is 27.0 Å². The zero-order chi connectivity index (χ0) is 28.1. The minimum Gasteiger partial charge on any atom is -0.504 e. The molecular weight excluding hydrogens is 552 g/mol. The predicted molar refractivity (Wildman–Crippen MR) is 143 cm³/mol. The number of rotatable bonds is 2. The van der Waals surface area contributed by atoms with Gasteiger partial charge < -0.3 is 9.84 Å². The maximum absolute atomic E-state index is 14.0. The molecule has 2 heterocycles. The average Bonchev–Trinajstić information content (AvgIpc) is 3.22. The Morgan fingerprint density at radius 1 is 0.842 bits per heavy atom. The van der Waals surface area contributed by atoms with E-state index in [0.717, 1.165) is 5.57 Å². The van der Waals surface area contributed by atoms with E-state index in [-0.39, 0.29) is 35.1 Å². The van der Waals surface area contributed by atoms with E-state index in [0.29, 0.717) is 22.9 Å². The summed E-state index contributed by atoms with van der Waals surface area (Å²) in [6, 6.07) is 3.40. The molecule has 0 bridgehead atoms. The number of carbonyl (C=O) groups excluding carboxylic acids is 4. The predicted octanol–water partition coefficient (Wildman–Crippen LogP) is 4.40. The van der Waals surface area contributed by atoms with Crippen LogP contribution in [0, 0.1) is 29.6 Å². The van der Waals surface area contributed by atoms with Crippen LogP contribution in [-0.4, -0.2) is 56.7 Å². The van der Waals surface area contributed by atoms with Crippen LogP contribution in [0.15, 0.2) is 28.3 Å². The van der Waals surface area contributed by atoms with Gasteiger partial charge in [-0.3, -0.25) is 29.0 Å². The number of ether oxygens (including phenoxy) is 1. The highest BCUT2D eigenvalue weighted by molar-refractivity contribution is 9.10. The van der Waals surface area contributed by atoms with Crippen molar-refractivity contribution in [3.8, 4) is 11.5 Å². The molecule has 2 saturated heterocycles. The molecule has 0 unspecified atom stereocenters. The van der Waals surface area contributed by atoms with E-state index in [4.69, 9.17) is 4.74 Å². The van der Waals surface area contributed by atoms with Crippen LogP contribution >= 0.6 is 15.9 Å². The molecule has 2 aliphatic heterocycles. The fraction of sp³-hybridized carbons (Fsp3) is 0.586. The molecule has 1 aromatic rings. The molecule has 38 heavy (non-hydrogen) atoms. The van der Waals surface area contributed by atoms with E-state index >= 15 is 0 Å². The van der Waals surface area contributed by atoms with Crippen LogP contribution in [0.4, 0.5) is 0 Å². The Labute approximate surface area is 231 Å². The molecule has 1 saturated carbocycles. The SMILES string of the molecule is COc1cc(Br)cc([C@H]2C3=CC[C@@H]4C(=O)N(C(C)(C)C)C(=O)[C@@H]4[C@@H]3C[C@H]3C(=O)N(C(C)(C)C)C(=O)[C@@H]23)c1O. The first-order valence-electron chi connectivity index (χ1n) is 13.1. The second-order valence-electron chi connectivity index (χ2n) is 12.9. The number of hydrogen-bond acceptors (Lipinski definition) is 6. The van der Waals surface area contributed by atoms with Crippen LogP contribution in [0.5, 0.6) is 11.5 Å². The average molecular weight is 588 g/mol. The van der Waals surface area contributed by atoms with E-state index < -0.39 is 46.6 Å². The molecule has 0 radical (unpaired) electrons. The lowest BCUT2D eigenvalue weighted by Gasteiger charge is -2.44. The van der Waals surface area contributed by atoms with Crippen LogP contribution in [0.3, 0.4) is 0 Å². The van der Waals surface area contributed by atoms with E-state index in [1.165, 1.54) is 16.9 Å². The first-order chi connectivity index (χ1) is 17.6. The number of nitrogens with zero attached hydrogens (tertiary/aromatic N) is 2. The molecular formula is C29H35BrN2O6. The molecule has 9 heteroatoms. The van der Waals surface area contributed by atoms with Gasteiger partial charge in [-0.2, -0.15) is 0 Å². The molecule has 204 valence electrons. The number of methoxy groups -OCH3 is 1.